The summed E-state index contributed by atoms with van der Waals surface area (Å²) in [6, 6.07) is 14.5. The molecule has 1 unspecified atom stereocenters. The van der Waals surface area contributed by atoms with Crippen LogP contribution in [-0.4, -0.2) is 17.0 Å². The molecule has 1 atom stereocenters. The second-order valence-corrected chi connectivity index (χ2v) is 4.72. The molecule has 5 nitrogen and oxygen atoms in total. The largest absolute Gasteiger partial charge is 0.372 e. The van der Waals surface area contributed by atoms with Gasteiger partial charge in [0.1, 0.15) is 6.10 Å². The molecule has 21 heavy (non-hydrogen) atoms. The summed E-state index contributed by atoms with van der Waals surface area (Å²) in [6.07, 6.45) is 1.36. The number of nitro benzene ring substituents is 1. The highest BCUT2D eigenvalue weighted by Crippen LogP contribution is 2.35. The fourth-order valence-electron chi connectivity index (χ4n) is 2.61. The molecule has 0 bridgehead atoms. The van der Waals surface area contributed by atoms with Crippen LogP contribution in [0.25, 0.3) is 10.9 Å². The Morgan fingerprint density at radius 2 is 1.81 bits per heavy atom. The first kappa shape index (κ1) is 13.3. The number of H-pyrrole nitrogens is 1. The van der Waals surface area contributed by atoms with Crippen LogP contribution >= 0.6 is 0 Å². The Morgan fingerprint density at radius 3 is 2.57 bits per heavy atom. The predicted molar refractivity (Wildman–Crippen MR) is 80.2 cm³/mol. The summed E-state index contributed by atoms with van der Waals surface area (Å²) in [6.45, 7) is 0. The number of para-hydroxylation sites is 2. The van der Waals surface area contributed by atoms with Crippen LogP contribution in [0.2, 0.25) is 0 Å². The molecule has 0 aliphatic heterocycles. The Morgan fingerprint density at radius 1 is 1.10 bits per heavy atom. The van der Waals surface area contributed by atoms with Crippen molar-refractivity contribution in [2.24, 2.45) is 0 Å². The molecule has 0 saturated carbocycles. The van der Waals surface area contributed by atoms with Crippen molar-refractivity contribution in [2.45, 2.75) is 6.10 Å². The molecule has 0 amide bonds. The predicted octanol–water partition coefficient (Wildman–Crippen LogP) is 3.81. The smallest absolute Gasteiger partial charge is 0.275 e. The van der Waals surface area contributed by atoms with E-state index in [4.69, 9.17) is 4.74 Å². The van der Waals surface area contributed by atoms with Crippen LogP contribution in [0, 0.1) is 10.1 Å². The van der Waals surface area contributed by atoms with Crippen molar-refractivity contribution in [1.82, 2.24) is 4.98 Å². The van der Waals surface area contributed by atoms with Gasteiger partial charge in [-0.2, -0.15) is 0 Å². The monoisotopic (exact) mass is 282 g/mol. The summed E-state index contributed by atoms with van der Waals surface area (Å²) in [5.74, 6) is 0. The van der Waals surface area contributed by atoms with Crippen molar-refractivity contribution in [2.75, 3.05) is 7.11 Å². The lowest BCUT2D eigenvalue weighted by Crippen LogP contribution is -2.06. The number of hydrogen-bond acceptors (Lipinski definition) is 3. The zero-order valence-electron chi connectivity index (χ0n) is 11.4. The number of ether oxygens (including phenoxy) is 1. The lowest BCUT2D eigenvalue weighted by atomic mass is 9.99. The van der Waals surface area contributed by atoms with Gasteiger partial charge < -0.3 is 9.72 Å². The van der Waals surface area contributed by atoms with Crippen LogP contribution in [0.5, 0.6) is 0 Å². The van der Waals surface area contributed by atoms with Crippen LogP contribution in [0.4, 0.5) is 5.69 Å². The molecule has 0 spiro atoms. The minimum absolute atomic E-state index is 0.0645. The number of fused-ring (bicyclic) bond motifs is 1. The molecule has 0 radical (unpaired) electrons. The Labute approximate surface area is 121 Å². The van der Waals surface area contributed by atoms with E-state index in [2.05, 4.69) is 4.98 Å². The van der Waals surface area contributed by atoms with Crippen molar-refractivity contribution >= 4 is 16.6 Å². The molecular formula is C16H14N2O3. The highest BCUT2D eigenvalue weighted by Gasteiger charge is 2.24. The third kappa shape index (κ3) is 2.28. The maximum absolute atomic E-state index is 11.2. The summed E-state index contributed by atoms with van der Waals surface area (Å²) in [4.78, 5) is 14.0. The maximum atomic E-state index is 11.2. The van der Waals surface area contributed by atoms with E-state index in [1.807, 2.05) is 30.5 Å². The molecule has 3 aromatic rings. The van der Waals surface area contributed by atoms with Crippen molar-refractivity contribution in [3.05, 3.63) is 76.0 Å². The van der Waals surface area contributed by atoms with Crippen molar-refractivity contribution in [3.63, 3.8) is 0 Å². The van der Waals surface area contributed by atoms with E-state index in [-0.39, 0.29) is 10.6 Å². The molecule has 1 heterocycles. The van der Waals surface area contributed by atoms with Crippen molar-refractivity contribution in [3.8, 4) is 0 Å². The third-order valence-electron chi connectivity index (χ3n) is 3.56. The highest BCUT2D eigenvalue weighted by atomic mass is 16.6. The maximum Gasteiger partial charge on any atom is 0.275 e. The summed E-state index contributed by atoms with van der Waals surface area (Å²) >= 11 is 0. The average Bonchev–Trinajstić information content (AvgIpc) is 2.93. The zero-order valence-corrected chi connectivity index (χ0v) is 11.4. The number of rotatable bonds is 4. The van der Waals surface area contributed by atoms with E-state index < -0.39 is 6.10 Å². The first-order valence-corrected chi connectivity index (χ1v) is 6.54. The first-order chi connectivity index (χ1) is 10.2. The van der Waals surface area contributed by atoms with E-state index in [9.17, 15) is 10.1 Å². The first-order valence-electron chi connectivity index (χ1n) is 6.54. The molecular weight excluding hydrogens is 268 g/mol. The molecule has 2 aromatic carbocycles. The molecule has 1 aromatic heterocycles. The fraction of sp³-hybridized carbons (Fsp3) is 0.125. The number of nitrogens with zero attached hydrogens (tertiary/aromatic N) is 1. The number of aromatic nitrogens is 1. The number of methoxy groups -OCH3 is 1. The summed E-state index contributed by atoms with van der Waals surface area (Å²) < 4.78 is 5.56. The third-order valence-corrected chi connectivity index (χ3v) is 3.56. The van der Waals surface area contributed by atoms with Gasteiger partial charge in [-0.25, -0.2) is 0 Å². The van der Waals surface area contributed by atoms with Crippen molar-refractivity contribution in [1.29, 1.82) is 0 Å². The number of nitrogens with one attached hydrogen (secondary N) is 1. The number of hydrogen-bond donors (Lipinski definition) is 1. The Balaban J connectivity index is 2.17. The van der Waals surface area contributed by atoms with Gasteiger partial charge in [0.15, 0.2) is 0 Å². The minimum Gasteiger partial charge on any atom is -0.372 e. The van der Waals surface area contributed by atoms with Crippen LogP contribution in [-0.2, 0) is 4.74 Å². The fourth-order valence-corrected chi connectivity index (χ4v) is 2.61. The summed E-state index contributed by atoms with van der Waals surface area (Å²) in [7, 11) is 1.56. The van der Waals surface area contributed by atoms with Gasteiger partial charge >= 0.3 is 0 Å². The second-order valence-electron chi connectivity index (χ2n) is 4.72. The number of aromatic amines is 1. The standard InChI is InChI=1S/C16H14N2O3/c1-21-16(12-7-3-5-9-15(12)18(19)20)13-10-17-14-8-4-2-6-11(13)14/h2-10,16-17H,1H3. The molecule has 0 fully saturated rings. The lowest BCUT2D eigenvalue weighted by molar-refractivity contribution is -0.386. The SMILES string of the molecule is COC(c1ccccc1[N+](=O)[O-])c1c[nH]c2ccccc12. The zero-order chi connectivity index (χ0) is 14.8. The van der Waals surface area contributed by atoms with Crippen LogP contribution in [0.1, 0.15) is 17.2 Å². The molecule has 106 valence electrons. The summed E-state index contributed by atoms with van der Waals surface area (Å²) in [5, 5.41) is 12.2. The Bertz CT molecular complexity index is 795. The molecule has 0 aliphatic carbocycles. The molecule has 1 N–H and O–H groups in total. The van der Waals surface area contributed by atoms with Gasteiger partial charge in [0.25, 0.3) is 5.69 Å². The lowest BCUT2D eigenvalue weighted by Gasteiger charge is -2.15. The number of nitro groups is 1. The molecule has 5 heteroatoms. The molecule has 3 rings (SSSR count). The summed E-state index contributed by atoms with van der Waals surface area (Å²) in [5.41, 5.74) is 2.49. The second kappa shape index (κ2) is 5.38. The average molecular weight is 282 g/mol. The van der Waals surface area contributed by atoms with Gasteiger partial charge in [0.2, 0.25) is 0 Å². The van der Waals surface area contributed by atoms with Crippen LogP contribution in [0.15, 0.2) is 54.7 Å². The van der Waals surface area contributed by atoms with Gasteiger partial charge in [-0.05, 0) is 12.1 Å². The molecule has 0 saturated heterocycles. The van der Waals surface area contributed by atoms with Gasteiger partial charge in [-0.3, -0.25) is 10.1 Å². The van der Waals surface area contributed by atoms with Crippen LogP contribution in [0.3, 0.4) is 0 Å². The number of benzene rings is 2. The Hall–Kier alpha value is -2.66. The van der Waals surface area contributed by atoms with Gasteiger partial charge in [-0.15, -0.1) is 0 Å². The van der Waals surface area contributed by atoms with E-state index >= 15 is 0 Å². The van der Waals surface area contributed by atoms with E-state index in [1.54, 1.807) is 25.3 Å². The highest BCUT2D eigenvalue weighted by molar-refractivity contribution is 5.84. The topological polar surface area (TPSA) is 68.2 Å². The molecule has 0 aliphatic rings. The van der Waals surface area contributed by atoms with Crippen LogP contribution < -0.4 is 0 Å². The van der Waals surface area contributed by atoms with Gasteiger partial charge in [0, 0.05) is 35.8 Å². The van der Waals surface area contributed by atoms with E-state index in [0.29, 0.717) is 5.56 Å². The van der Waals surface area contributed by atoms with E-state index in [1.165, 1.54) is 6.07 Å². The van der Waals surface area contributed by atoms with Gasteiger partial charge in [0.05, 0.1) is 10.5 Å². The normalized spacial score (nSPS) is 12.4. The Kier molecular flexibility index (Phi) is 3.41. The minimum atomic E-state index is -0.484. The van der Waals surface area contributed by atoms with Gasteiger partial charge in [-0.1, -0.05) is 30.3 Å². The van der Waals surface area contributed by atoms with E-state index in [0.717, 1.165) is 16.5 Å². The quantitative estimate of drug-likeness (QED) is 0.584. The van der Waals surface area contributed by atoms with Crippen molar-refractivity contribution < 1.29 is 9.66 Å².